The van der Waals surface area contributed by atoms with Crippen LogP contribution in [0.4, 0.5) is 0 Å². The van der Waals surface area contributed by atoms with E-state index in [2.05, 4.69) is 4.98 Å². The highest BCUT2D eigenvalue weighted by atomic mass is 16.5. The van der Waals surface area contributed by atoms with Crippen LogP contribution in [-0.4, -0.2) is 15.6 Å². The molecule has 10 nitrogen and oxygen atoms in total. The van der Waals surface area contributed by atoms with Gasteiger partial charge in [0, 0.05) is 6.07 Å². The molecule has 4 rings (SSSR count). The highest BCUT2D eigenvalue weighted by Crippen LogP contribution is 2.36. The molecule has 142 valence electrons. The molecule has 3 aromatic rings. The zero-order valence-corrected chi connectivity index (χ0v) is 14.6. The number of carbonyl (C=O) groups excluding carboxylic acids is 1. The summed E-state index contributed by atoms with van der Waals surface area (Å²) in [5.74, 6) is -0.287. The first-order chi connectivity index (χ1) is 13.0. The number of primary amides is 1. The quantitative estimate of drug-likeness (QED) is 0.485. The largest absolute Gasteiger partial charge is 0.679 e. The molecular formula is C17H20N6O4. The van der Waals surface area contributed by atoms with Gasteiger partial charge < -0.3 is 21.4 Å². The molecule has 1 amide bonds. The molecule has 0 bridgehead atoms. The monoisotopic (exact) mass is 372 g/mol. The summed E-state index contributed by atoms with van der Waals surface area (Å²) in [5.41, 5.74) is 6.21. The van der Waals surface area contributed by atoms with Crippen LogP contribution < -0.4 is 20.0 Å². The second-order valence-electron chi connectivity index (χ2n) is 7.03. The number of rotatable bonds is 5. The summed E-state index contributed by atoms with van der Waals surface area (Å²) in [4.78, 5) is 15.0. The topological polar surface area (TPSA) is 145 Å². The molecule has 3 aromatic heterocycles. The van der Waals surface area contributed by atoms with Crippen molar-refractivity contribution in [1.29, 1.82) is 0 Å². The van der Waals surface area contributed by atoms with Gasteiger partial charge in [0.1, 0.15) is 23.2 Å². The van der Waals surface area contributed by atoms with E-state index < -0.39 is 5.91 Å². The molecule has 0 unspecified atom stereocenters. The normalized spacial score (nSPS) is 16.1. The van der Waals surface area contributed by atoms with Gasteiger partial charge in [0.25, 0.3) is 0 Å². The summed E-state index contributed by atoms with van der Waals surface area (Å²) >= 11 is 0. The second kappa shape index (κ2) is 6.45. The fourth-order valence-corrected chi connectivity index (χ4v) is 4.15. The number of nitrogens with two attached hydrogens (primary N) is 1. The highest BCUT2D eigenvalue weighted by Gasteiger charge is 2.33. The molecule has 27 heavy (non-hydrogen) atoms. The zero-order chi connectivity index (χ0) is 19.1. The van der Waals surface area contributed by atoms with Gasteiger partial charge in [-0.3, -0.25) is 4.79 Å². The molecule has 3 N–H and O–H groups in total. The standard InChI is InChI=1S/C17H20N6O4/c18-15(24)7-14(11-3-1-2-4-11)20-8-12(9-23(20)27)16-13-5-6-19-17(13)22(26)10-21(16)25/h5-6,8-11,14,19H,1-4,7H2,(H2,18,24)/t14-/m1/s1. The first kappa shape index (κ1) is 17.1. The van der Waals surface area contributed by atoms with E-state index in [-0.39, 0.29) is 29.7 Å². The molecule has 1 atom stereocenters. The summed E-state index contributed by atoms with van der Waals surface area (Å²) in [7, 11) is 0. The van der Waals surface area contributed by atoms with Gasteiger partial charge in [-0.15, -0.1) is 4.68 Å². The van der Waals surface area contributed by atoms with Gasteiger partial charge in [-0.05, 0) is 18.8 Å². The number of hydrogen-bond acceptors (Lipinski definition) is 4. The fourth-order valence-electron chi connectivity index (χ4n) is 4.15. The number of hydrogen-bond donors (Lipinski definition) is 2. The van der Waals surface area contributed by atoms with Crippen molar-refractivity contribution < 1.29 is 19.1 Å². The van der Waals surface area contributed by atoms with Crippen molar-refractivity contribution >= 4 is 16.9 Å². The van der Waals surface area contributed by atoms with E-state index in [0.717, 1.165) is 32.0 Å². The van der Waals surface area contributed by atoms with E-state index in [1.807, 2.05) is 0 Å². The van der Waals surface area contributed by atoms with Crippen molar-refractivity contribution in [1.82, 2.24) is 9.67 Å². The minimum absolute atomic E-state index is 0.0628. The number of aromatic nitrogens is 5. The van der Waals surface area contributed by atoms with E-state index >= 15 is 0 Å². The Hall–Kier alpha value is -3.30. The van der Waals surface area contributed by atoms with Crippen LogP contribution in [0.25, 0.3) is 22.3 Å². The van der Waals surface area contributed by atoms with E-state index in [0.29, 0.717) is 25.3 Å². The molecule has 0 radical (unpaired) electrons. The maximum atomic E-state index is 12.6. The highest BCUT2D eigenvalue weighted by molar-refractivity contribution is 5.86. The van der Waals surface area contributed by atoms with Gasteiger partial charge in [-0.1, -0.05) is 17.7 Å². The van der Waals surface area contributed by atoms with Crippen molar-refractivity contribution in [3.63, 3.8) is 0 Å². The number of H-pyrrole nitrogens is 1. The van der Waals surface area contributed by atoms with Gasteiger partial charge in [-0.25, -0.2) is 4.98 Å². The number of fused-ring (bicyclic) bond motifs is 1. The maximum Gasteiger partial charge on any atom is 0.356 e. The molecule has 0 spiro atoms. The molecule has 0 saturated heterocycles. The van der Waals surface area contributed by atoms with E-state index in [4.69, 9.17) is 5.73 Å². The number of carbonyl (C=O) groups is 1. The Morgan fingerprint density at radius 1 is 1.30 bits per heavy atom. The Morgan fingerprint density at radius 3 is 2.74 bits per heavy atom. The lowest BCUT2D eigenvalue weighted by Gasteiger charge is -2.21. The summed E-state index contributed by atoms with van der Waals surface area (Å²) in [5, 5.41) is 37.2. The Kier molecular flexibility index (Phi) is 4.09. The second-order valence-corrected chi connectivity index (χ2v) is 7.03. The van der Waals surface area contributed by atoms with Gasteiger partial charge in [0.15, 0.2) is 5.69 Å². The lowest BCUT2D eigenvalue weighted by molar-refractivity contribution is -0.725. The van der Waals surface area contributed by atoms with E-state index in [1.54, 1.807) is 18.5 Å². The number of nitrogens with one attached hydrogen (secondary N) is 1. The van der Waals surface area contributed by atoms with Crippen molar-refractivity contribution in [2.24, 2.45) is 11.7 Å². The average molecular weight is 372 g/mol. The van der Waals surface area contributed by atoms with Gasteiger partial charge in [0.2, 0.25) is 12.1 Å². The third-order valence-corrected chi connectivity index (χ3v) is 5.35. The molecule has 1 aliphatic carbocycles. The summed E-state index contributed by atoms with van der Waals surface area (Å²) < 4.78 is 2.33. The smallest absolute Gasteiger partial charge is 0.356 e. The third-order valence-electron chi connectivity index (χ3n) is 5.35. The zero-order valence-electron chi connectivity index (χ0n) is 14.6. The maximum absolute atomic E-state index is 12.6. The molecule has 1 fully saturated rings. The Morgan fingerprint density at radius 2 is 2.04 bits per heavy atom. The minimum atomic E-state index is -0.471. The first-order valence-corrected chi connectivity index (χ1v) is 8.88. The first-order valence-electron chi connectivity index (χ1n) is 8.88. The third kappa shape index (κ3) is 2.92. The fraction of sp³-hybridized carbons (Fsp3) is 0.412. The van der Waals surface area contributed by atoms with Crippen molar-refractivity contribution in [2.75, 3.05) is 0 Å². The average Bonchev–Trinajstić information content (AvgIpc) is 3.33. The van der Waals surface area contributed by atoms with Crippen LogP contribution >= 0.6 is 0 Å². The van der Waals surface area contributed by atoms with Crippen LogP contribution in [0.3, 0.4) is 0 Å². The van der Waals surface area contributed by atoms with Crippen LogP contribution in [0.1, 0.15) is 38.1 Å². The summed E-state index contributed by atoms with van der Waals surface area (Å²) in [6.45, 7) is 0. The van der Waals surface area contributed by atoms with Crippen LogP contribution in [0.15, 0.2) is 31.0 Å². The van der Waals surface area contributed by atoms with Crippen LogP contribution in [0, 0.1) is 21.5 Å². The van der Waals surface area contributed by atoms with E-state index in [9.17, 15) is 20.4 Å². The van der Waals surface area contributed by atoms with Crippen LogP contribution in [0.2, 0.25) is 0 Å². The number of aromatic amines is 1. The number of nitrogens with zero attached hydrogens (tertiary/aromatic N) is 4. The van der Waals surface area contributed by atoms with Gasteiger partial charge >= 0.3 is 12.0 Å². The SMILES string of the molecule is NC(=O)C[C@H](C1CCCC1)n1cc(-c2c3cc[nH]c3[n+]([O-])c[n+]2[O-])c[n+]1[O-]. The van der Waals surface area contributed by atoms with Crippen molar-refractivity contribution in [2.45, 2.75) is 38.1 Å². The van der Waals surface area contributed by atoms with Crippen LogP contribution in [0.5, 0.6) is 0 Å². The molecular weight excluding hydrogens is 352 g/mol. The van der Waals surface area contributed by atoms with Crippen molar-refractivity contribution in [3.05, 3.63) is 46.6 Å². The molecule has 1 aliphatic rings. The molecule has 10 heteroatoms. The predicted molar refractivity (Wildman–Crippen MR) is 93.4 cm³/mol. The molecule has 0 aromatic carbocycles. The van der Waals surface area contributed by atoms with Crippen LogP contribution in [-0.2, 0) is 4.79 Å². The van der Waals surface area contributed by atoms with Gasteiger partial charge in [-0.2, -0.15) is 9.46 Å². The molecule has 3 heterocycles. The summed E-state index contributed by atoms with van der Waals surface area (Å²) in [6.07, 6.45) is 9.29. The Balaban J connectivity index is 1.81. The Bertz CT molecular complexity index is 1000. The van der Waals surface area contributed by atoms with E-state index in [1.165, 1.54) is 10.9 Å². The molecule has 1 saturated carbocycles. The van der Waals surface area contributed by atoms with Gasteiger partial charge in [0.05, 0.1) is 12.6 Å². The number of amides is 1. The molecule has 0 aliphatic heterocycles. The minimum Gasteiger partial charge on any atom is -0.679 e. The lowest BCUT2D eigenvalue weighted by atomic mass is 9.95. The Labute approximate surface area is 154 Å². The lowest BCUT2D eigenvalue weighted by Crippen LogP contribution is -2.42. The summed E-state index contributed by atoms with van der Waals surface area (Å²) in [6, 6.07) is 1.25. The van der Waals surface area contributed by atoms with Crippen molar-refractivity contribution in [3.8, 4) is 11.3 Å². The predicted octanol–water partition coefficient (Wildman–Crippen LogP) is 0.143.